The molecule has 0 bridgehead atoms. The van der Waals surface area contributed by atoms with Gasteiger partial charge in [-0.15, -0.1) is 0 Å². The molecule has 5 heteroatoms. The van der Waals surface area contributed by atoms with Gasteiger partial charge in [-0.25, -0.2) is 0 Å². The number of rotatable bonds is 16. The molecule has 176 valence electrons. The summed E-state index contributed by atoms with van der Waals surface area (Å²) in [6.45, 7) is 10.7. The Bertz CT molecular complexity index is 831. The molecule has 2 aromatic carbocycles. The van der Waals surface area contributed by atoms with Crippen molar-refractivity contribution in [2.24, 2.45) is 0 Å². The van der Waals surface area contributed by atoms with Crippen LogP contribution in [0.15, 0.2) is 36.4 Å². The number of aryl methyl sites for hydroxylation is 1. The van der Waals surface area contributed by atoms with Gasteiger partial charge in [0.25, 0.3) is 0 Å². The SMILES string of the molecule is CCCOc1ccc(OCCC)c(CCC(=O)c2cccc(OCCC)c2OCCC)c1. The minimum atomic E-state index is 0.0272. The summed E-state index contributed by atoms with van der Waals surface area (Å²) < 4.78 is 23.5. The first-order valence-electron chi connectivity index (χ1n) is 11.9. The van der Waals surface area contributed by atoms with Crippen LogP contribution in [0.3, 0.4) is 0 Å². The summed E-state index contributed by atoms with van der Waals surface area (Å²) in [5.41, 5.74) is 1.55. The van der Waals surface area contributed by atoms with Crippen LogP contribution in [0.4, 0.5) is 0 Å². The topological polar surface area (TPSA) is 54.0 Å². The van der Waals surface area contributed by atoms with Gasteiger partial charge >= 0.3 is 0 Å². The zero-order valence-corrected chi connectivity index (χ0v) is 20.1. The average Bonchev–Trinajstić information content (AvgIpc) is 2.82. The molecule has 5 nitrogen and oxygen atoms in total. The van der Waals surface area contributed by atoms with Crippen LogP contribution in [0, 0.1) is 0 Å². The Morgan fingerprint density at radius 1 is 0.719 bits per heavy atom. The Balaban J connectivity index is 2.21. The first-order valence-corrected chi connectivity index (χ1v) is 11.9. The Hall–Kier alpha value is -2.69. The Morgan fingerprint density at radius 2 is 1.34 bits per heavy atom. The third-order valence-electron chi connectivity index (χ3n) is 4.78. The van der Waals surface area contributed by atoms with Crippen LogP contribution in [-0.4, -0.2) is 32.2 Å². The summed E-state index contributed by atoms with van der Waals surface area (Å²) in [6, 6.07) is 11.4. The van der Waals surface area contributed by atoms with Gasteiger partial charge in [0, 0.05) is 6.42 Å². The maximum atomic E-state index is 13.2. The second-order valence-corrected chi connectivity index (χ2v) is 7.72. The molecule has 0 radical (unpaired) electrons. The maximum Gasteiger partial charge on any atom is 0.171 e. The van der Waals surface area contributed by atoms with Crippen molar-refractivity contribution in [3.63, 3.8) is 0 Å². The minimum absolute atomic E-state index is 0.0272. The number of ether oxygens (including phenoxy) is 4. The van der Waals surface area contributed by atoms with Gasteiger partial charge in [-0.1, -0.05) is 33.8 Å². The smallest absolute Gasteiger partial charge is 0.171 e. The van der Waals surface area contributed by atoms with Crippen molar-refractivity contribution in [2.45, 2.75) is 66.2 Å². The van der Waals surface area contributed by atoms with Gasteiger partial charge in [0.2, 0.25) is 0 Å². The number of hydrogen-bond acceptors (Lipinski definition) is 5. The van der Waals surface area contributed by atoms with Crippen LogP contribution < -0.4 is 18.9 Å². The number of para-hydroxylation sites is 1. The van der Waals surface area contributed by atoms with Crippen LogP contribution in [0.25, 0.3) is 0 Å². The van der Waals surface area contributed by atoms with E-state index in [1.54, 1.807) is 0 Å². The van der Waals surface area contributed by atoms with Crippen molar-refractivity contribution in [3.8, 4) is 23.0 Å². The molecule has 0 heterocycles. The third-order valence-corrected chi connectivity index (χ3v) is 4.78. The molecule has 0 saturated heterocycles. The van der Waals surface area contributed by atoms with Crippen molar-refractivity contribution < 1.29 is 23.7 Å². The quantitative estimate of drug-likeness (QED) is 0.272. The fourth-order valence-electron chi connectivity index (χ4n) is 3.21. The average molecular weight is 443 g/mol. The van der Waals surface area contributed by atoms with E-state index in [0.717, 1.165) is 42.7 Å². The van der Waals surface area contributed by atoms with Crippen molar-refractivity contribution in [1.82, 2.24) is 0 Å². The Morgan fingerprint density at radius 3 is 2.03 bits per heavy atom. The van der Waals surface area contributed by atoms with E-state index in [0.29, 0.717) is 56.3 Å². The lowest BCUT2D eigenvalue weighted by molar-refractivity contribution is 0.0977. The molecule has 0 aliphatic rings. The third kappa shape index (κ3) is 7.77. The summed E-state index contributed by atoms with van der Waals surface area (Å²) in [7, 11) is 0. The predicted octanol–water partition coefficient (Wildman–Crippen LogP) is 6.66. The second-order valence-electron chi connectivity index (χ2n) is 7.72. The van der Waals surface area contributed by atoms with Crippen molar-refractivity contribution in [1.29, 1.82) is 0 Å². The highest BCUT2D eigenvalue weighted by Gasteiger charge is 2.18. The molecule has 0 amide bonds. The molecule has 0 unspecified atom stereocenters. The Labute approximate surface area is 193 Å². The number of Topliss-reactive ketones (excluding diaryl/α,β-unsaturated/α-hetero) is 1. The second kappa shape index (κ2) is 14.4. The molecule has 32 heavy (non-hydrogen) atoms. The molecule has 2 aromatic rings. The number of carbonyl (C=O) groups excluding carboxylic acids is 1. The highest BCUT2D eigenvalue weighted by Crippen LogP contribution is 2.33. The molecular weight excluding hydrogens is 404 g/mol. The molecule has 2 rings (SSSR count). The fourth-order valence-corrected chi connectivity index (χ4v) is 3.21. The summed E-state index contributed by atoms with van der Waals surface area (Å²) in [5.74, 6) is 2.83. The summed E-state index contributed by atoms with van der Waals surface area (Å²) >= 11 is 0. The Kier molecular flexibility index (Phi) is 11.5. The van der Waals surface area contributed by atoms with Crippen LogP contribution >= 0.6 is 0 Å². The van der Waals surface area contributed by atoms with Crippen LogP contribution in [0.2, 0.25) is 0 Å². The van der Waals surface area contributed by atoms with Gasteiger partial charge in [-0.3, -0.25) is 4.79 Å². The van der Waals surface area contributed by atoms with Gasteiger partial charge in [-0.2, -0.15) is 0 Å². The number of hydrogen-bond donors (Lipinski definition) is 0. The maximum absolute atomic E-state index is 13.2. The molecule has 0 spiro atoms. The lowest BCUT2D eigenvalue weighted by Crippen LogP contribution is -2.09. The van der Waals surface area contributed by atoms with E-state index in [1.165, 1.54) is 0 Å². The number of carbonyl (C=O) groups is 1. The number of benzene rings is 2. The van der Waals surface area contributed by atoms with Gasteiger partial charge in [0.1, 0.15) is 11.5 Å². The van der Waals surface area contributed by atoms with E-state index in [4.69, 9.17) is 18.9 Å². The number of ketones is 1. The van der Waals surface area contributed by atoms with Crippen molar-refractivity contribution >= 4 is 5.78 Å². The van der Waals surface area contributed by atoms with E-state index < -0.39 is 0 Å². The van der Waals surface area contributed by atoms with Crippen LogP contribution in [0.1, 0.15) is 75.7 Å². The van der Waals surface area contributed by atoms with Gasteiger partial charge < -0.3 is 18.9 Å². The molecule has 0 aliphatic carbocycles. The monoisotopic (exact) mass is 442 g/mol. The van der Waals surface area contributed by atoms with E-state index >= 15 is 0 Å². The van der Waals surface area contributed by atoms with E-state index in [2.05, 4.69) is 20.8 Å². The van der Waals surface area contributed by atoms with Crippen LogP contribution in [-0.2, 0) is 6.42 Å². The first kappa shape index (κ1) is 25.6. The van der Waals surface area contributed by atoms with Gasteiger partial charge in [0.05, 0.1) is 32.0 Å². The summed E-state index contributed by atoms with van der Waals surface area (Å²) in [5, 5.41) is 0. The molecular formula is C27H38O5. The highest BCUT2D eigenvalue weighted by molar-refractivity contribution is 5.99. The minimum Gasteiger partial charge on any atom is -0.494 e. The van der Waals surface area contributed by atoms with Crippen LogP contribution in [0.5, 0.6) is 23.0 Å². The molecule has 0 aliphatic heterocycles. The molecule has 0 fully saturated rings. The normalized spacial score (nSPS) is 10.6. The summed E-state index contributed by atoms with van der Waals surface area (Å²) in [4.78, 5) is 13.2. The lowest BCUT2D eigenvalue weighted by atomic mass is 10.0. The van der Waals surface area contributed by atoms with E-state index in [9.17, 15) is 4.79 Å². The van der Waals surface area contributed by atoms with E-state index in [1.807, 2.05) is 43.3 Å². The molecule has 0 saturated carbocycles. The largest absolute Gasteiger partial charge is 0.494 e. The highest BCUT2D eigenvalue weighted by atomic mass is 16.5. The molecule has 0 atom stereocenters. The van der Waals surface area contributed by atoms with Crippen molar-refractivity contribution in [2.75, 3.05) is 26.4 Å². The standard InChI is InChI=1S/C27H38O5/c1-5-16-29-22-13-15-25(30-17-6-2)21(20-22)12-14-24(28)23-10-9-11-26(31-18-7-3)27(23)32-19-8-4/h9-11,13,15,20H,5-8,12,14,16-19H2,1-4H3. The van der Waals surface area contributed by atoms with E-state index in [-0.39, 0.29) is 5.78 Å². The zero-order chi connectivity index (χ0) is 23.2. The van der Waals surface area contributed by atoms with Gasteiger partial charge in [-0.05, 0) is 68.0 Å². The predicted molar refractivity (Wildman–Crippen MR) is 129 cm³/mol. The summed E-state index contributed by atoms with van der Waals surface area (Å²) in [6.07, 6.45) is 4.53. The van der Waals surface area contributed by atoms with Gasteiger partial charge in [0.15, 0.2) is 17.3 Å². The molecule has 0 N–H and O–H groups in total. The van der Waals surface area contributed by atoms with Crippen molar-refractivity contribution in [3.05, 3.63) is 47.5 Å². The fraction of sp³-hybridized carbons (Fsp3) is 0.519. The lowest BCUT2D eigenvalue weighted by Gasteiger charge is -2.16. The zero-order valence-electron chi connectivity index (χ0n) is 20.1. The first-order chi connectivity index (χ1) is 15.6. The molecule has 0 aromatic heterocycles.